The SMILES string of the molecule is CC(O)CCNC(=O)c1ccn(-c2cccc(N)c2)n1. The van der Waals surface area contributed by atoms with Crippen molar-refractivity contribution >= 4 is 11.6 Å². The van der Waals surface area contributed by atoms with Crippen molar-refractivity contribution in [1.82, 2.24) is 15.1 Å². The Kier molecular flexibility index (Phi) is 4.37. The molecule has 106 valence electrons. The molecule has 1 aromatic heterocycles. The van der Waals surface area contributed by atoms with Crippen LogP contribution in [0, 0.1) is 0 Å². The Hall–Kier alpha value is -2.34. The van der Waals surface area contributed by atoms with Gasteiger partial charge in [-0.1, -0.05) is 6.07 Å². The summed E-state index contributed by atoms with van der Waals surface area (Å²) in [6, 6.07) is 8.90. The molecule has 6 nitrogen and oxygen atoms in total. The molecule has 0 bridgehead atoms. The highest BCUT2D eigenvalue weighted by atomic mass is 16.3. The number of aromatic nitrogens is 2. The summed E-state index contributed by atoms with van der Waals surface area (Å²) >= 11 is 0. The lowest BCUT2D eigenvalue weighted by molar-refractivity contribution is 0.0940. The van der Waals surface area contributed by atoms with Crippen LogP contribution >= 0.6 is 0 Å². The first kappa shape index (κ1) is 14.1. The van der Waals surface area contributed by atoms with E-state index in [9.17, 15) is 4.79 Å². The van der Waals surface area contributed by atoms with E-state index in [1.54, 1.807) is 36.0 Å². The summed E-state index contributed by atoms with van der Waals surface area (Å²) in [4.78, 5) is 11.8. The molecule has 0 aliphatic rings. The van der Waals surface area contributed by atoms with Crippen molar-refractivity contribution < 1.29 is 9.90 Å². The van der Waals surface area contributed by atoms with Gasteiger partial charge in [0.05, 0.1) is 11.8 Å². The van der Waals surface area contributed by atoms with Gasteiger partial charge in [0, 0.05) is 18.4 Å². The summed E-state index contributed by atoms with van der Waals surface area (Å²) in [6.45, 7) is 2.10. The number of amides is 1. The Morgan fingerprint density at radius 3 is 3.00 bits per heavy atom. The average molecular weight is 274 g/mol. The molecule has 1 amide bonds. The van der Waals surface area contributed by atoms with Gasteiger partial charge < -0.3 is 16.2 Å². The molecule has 0 radical (unpaired) electrons. The molecule has 6 heteroatoms. The number of aliphatic hydroxyl groups is 1. The molecule has 0 saturated carbocycles. The minimum atomic E-state index is -0.430. The van der Waals surface area contributed by atoms with E-state index in [1.165, 1.54) is 0 Å². The number of hydrogen-bond acceptors (Lipinski definition) is 4. The Morgan fingerprint density at radius 1 is 1.50 bits per heavy atom. The van der Waals surface area contributed by atoms with E-state index < -0.39 is 6.10 Å². The van der Waals surface area contributed by atoms with Crippen LogP contribution in [0.2, 0.25) is 0 Å². The molecular weight excluding hydrogens is 256 g/mol. The molecule has 2 rings (SSSR count). The number of hydrogen-bond donors (Lipinski definition) is 3. The standard InChI is InChI=1S/C14H18N4O2/c1-10(19)5-7-16-14(20)13-6-8-18(17-13)12-4-2-3-11(15)9-12/h2-4,6,8-10,19H,5,7,15H2,1H3,(H,16,20). The highest BCUT2D eigenvalue weighted by Crippen LogP contribution is 2.11. The topological polar surface area (TPSA) is 93.2 Å². The molecular formula is C14H18N4O2. The molecule has 0 aliphatic carbocycles. The first-order valence-corrected chi connectivity index (χ1v) is 6.44. The molecule has 20 heavy (non-hydrogen) atoms. The number of benzene rings is 1. The number of nitrogen functional groups attached to an aromatic ring is 1. The third-order valence-electron chi connectivity index (χ3n) is 2.80. The number of anilines is 1. The van der Waals surface area contributed by atoms with Gasteiger partial charge in [0.25, 0.3) is 5.91 Å². The van der Waals surface area contributed by atoms with Crippen molar-refractivity contribution in [3.05, 3.63) is 42.2 Å². The van der Waals surface area contributed by atoms with Crippen LogP contribution in [0.25, 0.3) is 5.69 Å². The van der Waals surface area contributed by atoms with E-state index >= 15 is 0 Å². The normalized spacial score (nSPS) is 12.1. The molecule has 1 unspecified atom stereocenters. The van der Waals surface area contributed by atoms with Crippen molar-refractivity contribution in [2.75, 3.05) is 12.3 Å². The van der Waals surface area contributed by atoms with Crippen molar-refractivity contribution in [2.45, 2.75) is 19.4 Å². The lowest BCUT2D eigenvalue weighted by atomic mass is 10.3. The Labute approximate surface area is 117 Å². The van der Waals surface area contributed by atoms with Gasteiger partial charge in [-0.15, -0.1) is 0 Å². The number of rotatable bonds is 5. The van der Waals surface area contributed by atoms with Gasteiger partial charge in [0.2, 0.25) is 0 Å². The van der Waals surface area contributed by atoms with Gasteiger partial charge in [0.15, 0.2) is 5.69 Å². The summed E-state index contributed by atoms with van der Waals surface area (Å²) < 4.78 is 1.60. The van der Waals surface area contributed by atoms with Gasteiger partial charge in [-0.05, 0) is 37.6 Å². The molecule has 0 spiro atoms. The number of nitrogens with two attached hydrogens (primary N) is 1. The minimum Gasteiger partial charge on any atom is -0.399 e. The lowest BCUT2D eigenvalue weighted by Crippen LogP contribution is -2.27. The predicted octanol–water partition coefficient (Wildman–Crippen LogP) is 0.955. The predicted molar refractivity (Wildman–Crippen MR) is 76.6 cm³/mol. The van der Waals surface area contributed by atoms with Crippen LogP contribution in [0.3, 0.4) is 0 Å². The molecule has 0 fully saturated rings. The largest absolute Gasteiger partial charge is 0.399 e. The monoisotopic (exact) mass is 274 g/mol. The fraction of sp³-hybridized carbons (Fsp3) is 0.286. The van der Waals surface area contributed by atoms with E-state index in [0.717, 1.165) is 5.69 Å². The number of aliphatic hydroxyl groups excluding tert-OH is 1. The highest BCUT2D eigenvalue weighted by Gasteiger charge is 2.10. The fourth-order valence-electron chi connectivity index (χ4n) is 1.74. The van der Waals surface area contributed by atoms with Crippen molar-refractivity contribution in [3.63, 3.8) is 0 Å². The number of carbonyl (C=O) groups is 1. The molecule has 1 atom stereocenters. The van der Waals surface area contributed by atoms with Crippen LogP contribution in [0.5, 0.6) is 0 Å². The van der Waals surface area contributed by atoms with Crippen molar-refractivity contribution in [3.8, 4) is 5.69 Å². The van der Waals surface area contributed by atoms with Crippen LogP contribution in [-0.4, -0.2) is 33.4 Å². The van der Waals surface area contributed by atoms with Crippen molar-refractivity contribution in [2.24, 2.45) is 0 Å². The van der Waals surface area contributed by atoms with E-state index in [2.05, 4.69) is 10.4 Å². The molecule has 0 saturated heterocycles. The van der Waals surface area contributed by atoms with Crippen LogP contribution in [0.1, 0.15) is 23.8 Å². The second-order valence-electron chi connectivity index (χ2n) is 4.63. The maximum absolute atomic E-state index is 11.8. The Bertz CT molecular complexity index is 592. The van der Waals surface area contributed by atoms with E-state index in [0.29, 0.717) is 24.3 Å². The molecule has 1 heterocycles. The van der Waals surface area contributed by atoms with Crippen molar-refractivity contribution in [1.29, 1.82) is 0 Å². The van der Waals surface area contributed by atoms with E-state index in [-0.39, 0.29) is 5.91 Å². The second kappa shape index (κ2) is 6.21. The van der Waals surface area contributed by atoms with E-state index in [4.69, 9.17) is 10.8 Å². The second-order valence-corrected chi connectivity index (χ2v) is 4.63. The van der Waals surface area contributed by atoms with Gasteiger partial charge in [-0.25, -0.2) is 4.68 Å². The first-order chi connectivity index (χ1) is 9.56. The zero-order chi connectivity index (χ0) is 14.5. The Balaban J connectivity index is 2.03. The first-order valence-electron chi connectivity index (χ1n) is 6.44. The molecule has 1 aromatic carbocycles. The number of nitrogens with zero attached hydrogens (tertiary/aromatic N) is 2. The fourth-order valence-corrected chi connectivity index (χ4v) is 1.74. The smallest absolute Gasteiger partial charge is 0.271 e. The van der Waals surface area contributed by atoms with Gasteiger partial charge in [0.1, 0.15) is 0 Å². The summed E-state index contributed by atoms with van der Waals surface area (Å²) in [7, 11) is 0. The lowest BCUT2D eigenvalue weighted by Gasteiger charge is -2.05. The maximum atomic E-state index is 11.8. The number of carbonyl (C=O) groups excluding carboxylic acids is 1. The summed E-state index contributed by atoms with van der Waals surface area (Å²) in [5.41, 5.74) is 7.48. The maximum Gasteiger partial charge on any atom is 0.271 e. The van der Waals surface area contributed by atoms with Crippen LogP contribution in [-0.2, 0) is 0 Å². The zero-order valence-electron chi connectivity index (χ0n) is 11.3. The molecule has 0 aliphatic heterocycles. The van der Waals surface area contributed by atoms with Gasteiger partial charge in [-0.3, -0.25) is 4.79 Å². The third kappa shape index (κ3) is 3.58. The van der Waals surface area contributed by atoms with Gasteiger partial charge in [-0.2, -0.15) is 5.10 Å². The van der Waals surface area contributed by atoms with Crippen LogP contribution in [0.15, 0.2) is 36.5 Å². The average Bonchev–Trinajstić information content (AvgIpc) is 2.87. The van der Waals surface area contributed by atoms with Crippen LogP contribution < -0.4 is 11.1 Å². The van der Waals surface area contributed by atoms with E-state index in [1.807, 2.05) is 12.1 Å². The molecule has 2 aromatic rings. The molecule has 4 N–H and O–H groups in total. The zero-order valence-corrected chi connectivity index (χ0v) is 11.3. The summed E-state index contributed by atoms with van der Waals surface area (Å²) in [6.07, 6.45) is 1.79. The van der Waals surface area contributed by atoms with Gasteiger partial charge >= 0.3 is 0 Å². The highest BCUT2D eigenvalue weighted by molar-refractivity contribution is 5.92. The minimum absolute atomic E-state index is 0.256. The quantitative estimate of drug-likeness (QED) is 0.708. The summed E-state index contributed by atoms with van der Waals surface area (Å²) in [5.74, 6) is -0.256. The summed E-state index contributed by atoms with van der Waals surface area (Å²) in [5, 5.41) is 16.0. The van der Waals surface area contributed by atoms with Crippen LogP contribution in [0.4, 0.5) is 5.69 Å². The Morgan fingerprint density at radius 2 is 2.30 bits per heavy atom. The third-order valence-corrected chi connectivity index (χ3v) is 2.80. The number of nitrogens with one attached hydrogen (secondary N) is 1.